The molecule has 1 unspecified atom stereocenters. The number of guanidine groups is 5. The van der Waals surface area contributed by atoms with E-state index in [1.165, 1.54) is 36.4 Å². The predicted octanol–water partition coefficient (Wildman–Crippen LogP) is 4.18. The number of benzene rings is 3. The molecule has 136 heavy (non-hydrogen) atoms. The van der Waals surface area contributed by atoms with Gasteiger partial charge in [-0.1, -0.05) is 44.9 Å². The highest BCUT2D eigenvalue weighted by atomic mass is 32.2. The standard InChI is InChI=1S/C90H135N23O19S4/c1-7-56(21-14-39-103-84(92)93)80(119)108-66(24-17-42-106-87(98)99)71(114)50-59(22-15-40-104-85(94)95)81(120)109-67(25-18-43-107-88(100)101)72(115)51-60(23-16-41-105-86(96)97)82(121)110-68(79(91)118)54-133-73-53-77(117)113(83(73)122)47-44-102-76(116)26-9-8-10-45-111-70-36-34-63(136(129,130)131)52-65(70)90(5,6)75(111)38-29-58-20-13-19-57(78(58)132-61-30-32-62(33-31-61)135(126,127)128)28-37-74-89(3,4)64-49-55(2)27-35-69(64)112(74)46-11-12-48-134(123,124)125/h27-38,49,52,56,59-60,66-68,73H,7-26,39-48,50-51,53-54H2,1-6H3,(H28-,91,92,93,94,95,96,97,98,99,100,101,102,103,104,105,106,107,108,109,110,116,118,119,120,121,123,124,125,126,127,128,129,130,131)/p+1/t56-,59+,60+,66-,67-,68-,73?/m1/s1. The summed E-state index contributed by atoms with van der Waals surface area (Å²) >= 11 is 0.874. The molecule has 29 N–H and O–H groups in total. The summed E-state index contributed by atoms with van der Waals surface area (Å²) in [5, 5.41) is 61.5. The van der Waals surface area contributed by atoms with Crippen LogP contribution in [-0.4, -0.2) is 231 Å². The number of carbonyl (C=O) groups excluding carboxylic acids is 9. The number of allylic oxidation sites excluding steroid dienone is 7. The number of hydrogen-bond acceptors (Lipinski definition) is 23. The maximum Gasteiger partial charge on any atom is 0.294 e. The lowest BCUT2D eigenvalue weighted by Gasteiger charge is -2.27. The Kier molecular flexibility index (Phi) is 42.4. The second-order valence-electron chi connectivity index (χ2n) is 35.3. The van der Waals surface area contributed by atoms with Crippen molar-refractivity contribution in [3.05, 3.63) is 124 Å². The summed E-state index contributed by atoms with van der Waals surface area (Å²) in [5.41, 5.74) is 39.7. The predicted molar refractivity (Wildman–Crippen MR) is 519 cm³/mol. The first-order valence-corrected chi connectivity index (χ1v) is 51.1. The Morgan fingerprint density at radius 2 is 1.07 bits per heavy atom. The van der Waals surface area contributed by atoms with Crippen LogP contribution in [0.4, 0.5) is 11.4 Å². The van der Waals surface area contributed by atoms with Crippen molar-refractivity contribution in [1.82, 2.24) is 52.8 Å². The van der Waals surface area contributed by atoms with Crippen LogP contribution in [0.2, 0.25) is 0 Å². The first-order valence-electron chi connectivity index (χ1n) is 45.6. The van der Waals surface area contributed by atoms with Gasteiger partial charge in [0.2, 0.25) is 47.0 Å². The van der Waals surface area contributed by atoms with Crippen molar-refractivity contribution in [2.45, 2.75) is 233 Å². The molecule has 748 valence electrons. The number of amides is 7. The number of unbranched alkanes of at least 4 members (excludes halogenated alkanes) is 3. The zero-order valence-electron chi connectivity index (χ0n) is 78.0. The van der Waals surface area contributed by atoms with Crippen molar-refractivity contribution in [3.63, 3.8) is 0 Å². The molecule has 42 nitrogen and oxygen atoms in total. The summed E-state index contributed by atoms with van der Waals surface area (Å²) in [4.78, 5) is 129. The first-order chi connectivity index (χ1) is 64.0. The van der Waals surface area contributed by atoms with E-state index < -0.39 is 148 Å². The SMILES string of the molecule is CC[C@H](CCCNC(=N)N)C(=O)N[C@H](CCCNC(=N)N)C(=O)C[C@H](CCCNC(=N)N)C(=O)N[C@H](CCCNC(=N)N)C(=O)C[C@H](CCCNC(=N)N)C(=O)N[C@H](CSC1CC(=O)N(CCNC(=O)CCCCCN2/C(=C/C=C3\CCCC(/C=C/C4=[N+](CCCCS(=O)(=O)O)c5ccc(C)cc5C4(C)C)=C3Oc3ccc(S(=O)(=O)O)cc3)C(C)(C)c3cc(S(=O)(=O)O)ccc32)C1=O)C(N)=O. The summed E-state index contributed by atoms with van der Waals surface area (Å²) in [5.74, 6) is -10.4. The highest BCUT2D eigenvalue weighted by molar-refractivity contribution is 8.00. The third kappa shape index (κ3) is 34.4. The average molecular weight is 1970 g/mol. The topological polar surface area (TPSA) is 719 Å². The highest BCUT2D eigenvalue weighted by Crippen LogP contribution is 2.50. The van der Waals surface area contributed by atoms with Crippen LogP contribution in [0.5, 0.6) is 5.75 Å². The van der Waals surface area contributed by atoms with Gasteiger partial charge in [-0.05, 0) is 207 Å². The molecule has 4 aliphatic rings. The minimum Gasteiger partial charge on any atom is -0.457 e. The van der Waals surface area contributed by atoms with Crippen molar-refractivity contribution in [2.24, 2.45) is 52.2 Å². The zero-order valence-corrected chi connectivity index (χ0v) is 81.2. The van der Waals surface area contributed by atoms with Gasteiger partial charge in [-0.15, -0.1) is 11.8 Å². The van der Waals surface area contributed by atoms with Crippen LogP contribution in [-0.2, 0) is 84.3 Å². The van der Waals surface area contributed by atoms with Crippen LogP contribution in [0.3, 0.4) is 0 Å². The molecule has 1 aliphatic carbocycles. The van der Waals surface area contributed by atoms with Gasteiger partial charge in [0.15, 0.2) is 47.1 Å². The van der Waals surface area contributed by atoms with Crippen molar-refractivity contribution in [3.8, 4) is 5.75 Å². The number of hydrogen-bond donors (Lipinski definition) is 23. The zero-order chi connectivity index (χ0) is 101. The molecule has 0 bridgehead atoms. The van der Waals surface area contributed by atoms with Gasteiger partial charge in [0.1, 0.15) is 24.1 Å². The van der Waals surface area contributed by atoms with E-state index in [1.54, 1.807) is 13.0 Å². The molecule has 3 aromatic rings. The monoisotopic (exact) mass is 1970 g/mol. The fourth-order valence-electron chi connectivity index (χ4n) is 16.9. The summed E-state index contributed by atoms with van der Waals surface area (Å²) in [6, 6.07) is 11.9. The summed E-state index contributed by atoms with van der Waals surface area (Å²) in [7, 11) is -13.4. The van der Waals surface area contributed by atoms with Gasteiger partial charge in [0.25, 0.3) is 30.4 Å². The minimum atomic E-state index is -4.65. The first kappa shape index (κ1) is 111. The molecule has 0 radical (unpaired) electrons. The largest absolute Gasteiger partial charge is 0.457 e. The molecule has 46 heteroatoms. The second kappa shape index (κ2) is 51.9. The smallest absolute Gasteiger partial charge is 0.294 e. The number of thioether (sulfide) groups is 1. The van der Waals surface area contributed by atoms with E-state index in [0.29, 0.717) is 101 Å². The van der Waals surface area contributed by atoms with Crippen LogP contribution in [0, 0.1) is 51.7 Å². The van der Waals surface area contributed by atoms with Crippen molar-refractivity contribution < 1.29 is 91.4 Å². The molecule has 7 rings (SSSR count). The Hall–Kier alpha value is -11.9. The van der Waals surface area contributed by atoms with Gasteiger partial charge in [0.05, 0.1) is 38.3 Å². The van der Waals surface area contributed by atoms with Gasteiger partial charge in [0, 0.05) is 142 Å². The Morgan fingerprint density at radius 3 is 1.59 bits per heavy atom. The summed E-state index contributed by atoms with van der Waals surface area (Å²) in [6.07, 6.45) is 12.3. The molecule has 0 saturated carbocycles. The number of imide groups is 1. The molecule has 3 heterocycles. The lowest BCUT2D eigenvalue weighted by Crippen LogP contribution is -2.50. The van der Waals surface area contributed by atoms with E-state index in [9.17, 15) is 82.1 Å². The molecule has 7 atom stereocenters. The number of Topliss-reactive ketones (excluding diaryl/α,β-unsaturated/α-hetero) is 2. The Balaban J connectivity index is 1.02. The van der Waals surface area contributed by atoms with Gasteiger partial charge >= 0.3 is 0 Å². The second-order valence-corrected chi connectivity index (χ2v) is 41.0. The average Bonchev–Trinajstić information content (AvgIpc) is 1.59. The lowest BCUT2D eigenvalue weighted by atomic mass is 9.80. The van der Waals surface area contributed by atoms with Crippen LogP contribution in [0.15, 0.2) is 117 Å². The van der Waals surface area contributed by atoms with Crippen LogP contribution in [0.1, 0.15) is 199 Å². The number of nitrogens with two attached hydrogens (primary N) is 6. The van der Waals surface area contributed by atoms with Crippen LogP contribution < -0.4 is 91.9 Å². The van der Waals surface area contributed by atoms with E-state index in [2.05, 4.69) is 77.2 Å². The van der Waals surface area contributed by atoms with Gasteiger partial charge in [-0.2, -0.15) is 29.8 Å². The molecule has 0 spiro atoms. The van der Waals surface area contributed by atoms with Crippen molar-refractivity contribution in [2.75, 3.05) is 75.3 Å². The summed E-state index contributed by atoms with van der Waals surface area (Å²) in [6.45, 7) is 13.1. The van der Waals surface area contributed by atoms with E-state index in [-0.39, 0.29) is 167 Å². The van der Waals surface area contributed by atoms with Crippen molar-refractivity contribution in [1.29, 1.82) is 27.0 Å². The van der Waals surface area contributed by atoms with E-state index in [4.69, 9.17) is 66.2 Å². The maximum atomic E-state index is 14.8. The Morgan fingerprint density at radius 1 is 0.559 bits per heavy atom. The third-order valence-electron chi connectivity index (χ3n) is 24.2. The highest BCUT2D eigenvalue weighted by Gasteiger charge is 2.46. The van der Waals surface area contributed by atoms with Gasteiger partial charge in [-0.3, -0.25) is 88.8 Å². The normalized spacial score (nSPS) is 17.1. The van der Waals surface area contributed by atoms with E-state index in [0.717, 1.165) is 56.0 Å². The fourth-order valence-corrected chi connectivity index (χ4v) is 19.7. The fraction of sp³-hybridized carbons (Fsp3) is 0.544. The number of nitrogens with one attached hydrogen (secondary N) is 14. The molecule has 3 aliphatic heterocycles. The molecular formula is C90H136N23O19S4+. The number of ether oxygens (including phenoxy) is 1. The minimum absolute atomic E-state index is 0.00422. The molecular weight excluding hydrogens is 1840 g/mol. The number of anilines is 1. The lowest BCUT2D eigenvalue weighted by molar-refractivity contribution is -0.438. The van der Waals surface area contributed by atoms with E-state index in [1.807, 2.05) is 57.2 Å². The number of nitrogens with zero attached hydrogens (tertiary/aromatic N) is 3. The number of rotatable bonds is 58. The third-order valence-corrected chi connectivity index (χ3v) is 28.0. The number of aryl methyl sites for hydroxylation is 1. The number of likely N-dealkylation sites (tertiary alicyclic amines) is 1. The molecule has 7 amide bonds. The van der Waals surface area contributed by atoms with Crippen molar-refractivity contribution >= 4 is 142 Å². The molecule has 3 aromatic carbocycles. The van der Waals surface area contributed by atoms with E-state index >= 15 is 0 Å². The number of ketones is 2. The molecule has 1 fully saturated rings. The summed E-state index contributed by atoms with van der Waals surface area (Å²) < 4.78 is 112. The quantitative estimate of drug-likeness (QED) is 0.00941. The Labute approximate surface area is 799 Å². The molecule has 0 aromatic heterocycles. The van der Waals surface area contributed by atoms with Crippen LogP contribution in [0.25, 0.3) is 0 Å². The van der Waals surface area contributed by atoms with Gasteiger partial charge in [-0.25, -0.2) is 0 Å². The Bertz CT molecular complexity index is 5410. The number of fused-ring (bicyclic) bond motifs is 2. The van der Waals surface area contributed by atoms with Crippen LogP contribution >= 0.6 is 11.8 Å². The number of primary amides is 1. The van der Waals surface area contributed by atoms with Gasteiger partial charge < -0.3 is 91.9 Å². The number of carbonyl (C=O) groups is 9. The maximum absolute atomic E-state index is 14.8. The molecule has 1 saturated heterocycles.